The van der Waals surface area contributed by atoms with Gasteiger partial charge in [-0.2, -0.15) is 0 Å². The van der Waals surface area contributed by atoms with E-state index in [-0.39, 0.29) is 11.1 Å². The molecule has 0 saturated heterocycles. The van der Waals surface area contributed by atoms with Gasteiger partial charge < -0.3 is 10.2 Å². The number of aliphatic hydroxyl groups is 2. The quantitative estimate of drug-likeness (QED) is 0.902. The highest BCUT2D eigenvalue weighted by Gasteiger charge is 2.20. The highest BCUT2D eigenvalue weighted by molar-refractivity contribution is 5.65. The van der Waals surface area contributed by atoms with Crippen molar-refractivity contribution < 1.29 is 19.0 Å². The molecule has 106 valence electrons. The molecule has 0 amide bonds. The van der Waals surface area contributed by atoms with E-state index in [9.17, 15) is 8.78 Å². The molecular weight excluding hydrogens is 262 g/mol. The standard InChI is InChI=1S/C16H16F2O2/c1-10-2-4-11(5-3-10)13-6-7-14(12(8-19)9-20)16(18)15(13)17/h2-7,12,19-20H,8-9H2,1H3. The Balaban J connectivity index is 2.48. The zero-order valence-corrected chi connectivity index (χ0v) is 11.1. The van der Waals surface area contributed by atoms with E-state index in [1.165, 1.54) is 12.1 Å². The van der Waals surface area contributed by atoms with Crippen molar-refractivity contribution in [3.8, 4) is 11.1 Å². The lowest BCUT2D eigenvalue weighted by molar-refractivity contribution is 0.189. The predicted molar refractivity (Wildman–Crippen MR) is 73.4 cm³/mol. The van der Waals surface area contributed by atoms with E-state index < -0.39 is 30.8 Å². The number of hydrogen-bond acceptors (Lipinski definition) is 2. The Morgan fingerprint density at radius 2 is 1.50 bits per heavy atom. The first kappa shape index (κ1) is 14.6. The van der Waals surface area contributed by atoms with Crippen LogP contribution < -0.4 is 0 Å². The SMILES string of the molecule is Cc1ccc(-c2ccc(C(CO)CO)c(F)c2F)cc1. The third-order valence-electron chi connectivity index (χ3n) is 3.36. The van der Waals surface area contributed by atoms with Crippen molar-refractivity contribution in [3.63, 3.8) is 0 Å². The molecular formula is C16H16F2O2. The van der Waals surface area contributed by atoms with Crippen LogP contribution in [0.2, 0.25) is 0 Å². The van der Waals surface area contributed by atoms with E-state index in [0.717, 1.165) is 5.56 Å². The molecule has 2 aromatic rings. The van der Waals surface area contributed by atoms with Crippen LogP contribution in [0.25, 0.3) is 11.1 Å². The molecule has 2 aromatic carbocycles. The van der Waals surface area contributed by atoms with Crippen LogP contribution in [-0.4, -0.2) is 23.4 Å². The Labute approximate surface area is 116 Å². The van der Waals surface area contributed by atoms with Gasteiger partial charge >= 0.3 is 0 Å². The number of aliphatic hydroxyl groups excluding tert-OH is 2. The summed E-state index contributed by atoms with van der Waals surface area (Å²) in [5, 5.41) is 18.1. The van der Waals surface area contributed by atoms with Gasteiger partial charge in [0.05, 0.1) is 13.2 Å². The highest BCUT2D eigenvalue weighted by atomic mass is 19.2. The van der Waals surface area contributed by atoms with E-state index in [0.29, 0.717) is 5.56 Å². The predicted octanol–water partition coefficient (Wildman–Crippen LogP) is 3.01. The van der Waals surface area contributed by atoms with Crippen LogP contribution in [0.1, 0.15) is 17.0 Å². The second-order valence-corrected chi connectivity index (χ2v) is 4.76. The maximum Gasteiger partial charge on any atom is 0.166 e. The number of benzene rings is 2. The van der Waals surface area contributed by atoms with Gasteiger partial charge in [0.15, 0.2) is 11.6 Å². The van der Waals surface area contributed by atoms with Crippen LogP contribution in [-0.2, 0) is 0 Å². The van der Waals surface area contributed by atoms with Gasteiger partial charge in [0, 0.05) is 11.5 Å². The van der Waals surface area contributed by atoms with Crippen LogP contribution in [0.15, 0.2) is 36.4 Å². The zero-order valence-electron chi connectivity index (χ0n) is 11.1. The average molecular weight is 278 g/mol. The smallest absolute Gasteiger partial charge is 0.166 e. The first-order chi connectivity index (χ1) is 9.58. The topological polar surface area (TPSA) is 40.5 Å². The minimum absolute atomic E-state index is 0.0108. The third kappa shape index (κ3) is 2.71. The summed E-state index contributed by atoms with van der Waals surface area (Å²) < 4.78 is 28.2. The summed E-state index contributed by atoms with van der Waals surface area (Å²) in [4.78, 5) is 0. The van der Waals surface area contributed by atoms with E-state index >= 15 is 0 Å². The Morgan fingerprint density at radius 1 is 0.900 bits per heavy atom. The molecule has 2 rings (SSSR count). The molecule has 0 aliphatic heterocycles. The molecule has 2 nitrogen and oxygen atoms in total. The lowest BCUT2D eigenvalue weighted by atomic mass is 9.95. The summed E-state index contributed by atoms with van der Waals surface area (Å²) >= 11 is 0. The number of halogens is 2. The second kappa shape index (κ2) is 6.11. The van der Waals surface area contributed by atoms with Gasteiger partial charge in [0.2, 0.25) is 0 Å². The Hall–Kier alpha value is -1.78. The fourth-order valence-corrected chi connectivity index (χ4v) is 2.09. The summed E-state index contributed by atoms with van der Waals surface area (Å²) in [5.41, 5.74) is 1.78. The lowest BCUT2D eigenvalue weighted by Crippen LogP contribution is -2.12. The fourth-order valence-electron chi connectivity index (χ4n) is 2.09. The molecule has 0 atom stereocenters. The van der Waals surface area contributed by atoms with Crippen molar-refractivity contribution in [1.82, 2.24) is 0 Å². The molecule has 0 radical (unpaired) electrons. The molecule has 0 unspecified atom stereocenters. The van der Waals surface area contributed by atoms with E-state index in [2.05, 4.69) is 0 Å². The van der Waals surface area contributed by atoms with Gasteiger partial charge in [-0.05, 0) is 18.1 Å². The van der Waals surface area contributed by atoms with E-state index in [4.69, 9.17) is 10.2 Å². The Bertz CT molecular complexity index is 590. The number of hydrogen-bond donors (Lipinski definition) is 2. The molecule has 0 heterocycles. The van der Waals surface area contributed by atoms with Crippen LogP contribution in [0.3, 0.4) is 0 Å². The van der Waals surface area contributed by atoms with Crippen molar-refractivity contribution >= 4 is 0 Å². The molecule has 2 N–H and O–H groups in total. The van der Waals surface area contributed by atoms with Gasteiger partial charge in [0.25, 0.3) is 0 Å². The summed E-state index contributed by atoms with van der Waals surface area (Å²) in [6, 6.07) is 9.97. The van der Waals surface area contributed by atoms with Gasteiger partial charge in [-0.25, -0.2) is 8.78 Å². The minimum atomic E-state index is -1.02. The van der Waals surface area contributed by atoms with Crippen molar-refractivity contribution in [2.45, 2.75) is 12.8 Å². The molecule has 0 aromatic heterocycles. The summed E-state index contributed by atoms with van der Waals surface area (Å²) in [6.07, 6.45) is 0. The van der Waals surface area contributed by atoms with Crippen molar-refractivity contribution in [2.24, 2.45) is 0 Å². The van der Waals surface area contributed by atoms with Crippen molar-refractivity contribution in [1.29, 1.82) is 0 Å². The maximum atomic E-state index is 14.1. The average Bonchev–Trinajstić information content (AvgIpc) is 2.46. The summed E-state index contributed by atoms with van der Waals surface area (Å²) in [6.45, 7) is 1.05. The molecule has 0 fully saturated rings. The molecule has 4 heteroatoms. The van der Waals surface area contributed by atoms with E-state index in [1.54, 1.807) is 12.1 Å². The molecule has 0 bridgehead atoms. The van der Waals surface area contributed by atoms with Crippen LogP contribution in [0, 0.1) is 18.6 Å². The summed E-state index contributed by atoms with van der Waals surface area (Å²) in [5.74, 6) is -2.79. The van der Waals surface area contributed by atoms with Crippen LogP contribution in [0.5, 0.6) is 0 Å². The van der Waals surface area contributed by atoms with Crippen LogP contribution in [0.4, 0.5) is 8.78 Å². The second-order valence-electron chi connectivity index (χ2n) is 4.76. The molecule has 20 heavy (non-hydrogen) atoms. The Morgan fingerprint density at radius 3 is 2.05 bits per heavy atom. The van der Waals surface area contributed by atoms with Crippen molar-refractivity contribution in [3.05, 3.63) is 59.2 Å². The fraction of sp³-hybridized carbons (Fsp3) is 0.250. The lowest BCUT2D eigenvalue weighted by Gasteiger charge is -2.14. The van der Waals surface area contributed by atoms with Gasteiger partial charge in [-0.15, -0.1) is 0 Å². The maximum absolute atomic E-state index is 14.1. The van der Waals surface area contributed by atoms with Gasteiger partial charge in [0.1, 0.15) is 0 Å². The Kier molecular flexibility index (Phi) is 4.47. The van der Waals surface area contributed by atoms with Crippen LogP contribution >= 0.6 is 0 Å². The third-order valence-corrected chi connectivity index (χ3v) is 3.36. The first-order valence-corrected chi connectivity index (χ1v) is 6.35. The normalized spacial score (nSPS) is 11.1. The number of rotatable bonds is 4. The van der Waals surface area contributed by atoms with Crippen molar-refractivity contribution in [2.75, 3.05) is 13.2 Å². The molecule has 0 aliphatic rings. The van der Waals surface area contributed by atoms with Gasteiger partial charge in [-0.3, -0.25) is 0 Å². The highest BCUT2D eigenvalue weighted by Crippen LogP contribution is 2.29. The molecule has 0 aliphatic carbocycles. The number of aryl methyl sites for hydroxylation is 1. The van der Waals surface area contributed by atoms with E-state index in [1.807, 2.05) is 19.1 Å². The first-order valence-electron chi connectivity index (χ1n) is 6.35. The monoisotopic (exact) mass is 278 g/mol. The largest absolute Gasteiger partial charge is 0.396 e. The summed E-state index contributed by atoms with van der Waals surface area (Å²) in [7, 11) is 0. The molecule has 0 spiro atoms. The van der Waals surface area contributed by atoms with Gasteiger partial charge in [-0.1, -0.05) is 42.0 Å². The zero-order chi connectivity index (χ0) is 14.7. The minimum Gasteiger partial charge on any atom is -0.396 e. The molecule has 0 saturated carbocycles.